The van der Waals surface area contributed by atoms with Crippen molar-refractivity contribution in [2.24, 2.45) is 0 Å². The molecule has 0 aliphatic carbocycles. The zero-order valence-corrected chi connectivity index (χ0v) is 22.6. The Kier molecular flexibility index (Phi) is 8.96. The van der Waals surface area contributed by atoms with Gasteiger partial charge in [0.2, 0.25) is 6.79 Å². The number of halogens is 3. The van der Waals surface area contributed by atoms with Gasteiger partial charge in [-0.05, 0) is 54.4 Å². The van der Waals surface area contributed by atoms with Gasteiger partial charge in [-0.3, -0.25) is 4.79 Å². The molecule has 0 saturated carbocycles. The van der Waals surface area contributed by atoms with Gasteiger partial charge in [0.1, 0.15) is 48.4 Å². The van der Waals surface area contributed by atoms with Crippen LogP contribution in [0.5, 0.6) is 11.5 Å². The van der Waals surface area contributed by atoms with E-state index in [4.69, 9.17) is 9.47 Å². The molecule has 5 aromatic rings. The molecule has 3 aromatic carbocycles. The van der Waals surface area contributed by atoms with E-state index in [1.165, 1.54) is 65.0 Å². The van der Waals surface area contributed by atoms with Crippen LogP contribution in [0, 0.1) is 17.5 Å². The average molecular weight is 594 g/mol. The van der Waals surface area contributed by atoms with Crippen molar-refractivity contribution in [2.45, 2.75) is 25.1 Å². The van der Waals surface area contributed by atoms with Crippen LogP contribution in [0.15, 0.2) is 86.0 Å². The lowest BCUT2D eigenvalue weighted by Gasteiger charge is -2.28. The molecule has 0 saturated heterocycles. The van der Waals surface area contributed by atoms with Crippen molar-refractivity contribution in [1.82, 2.24) is 34.8 Å². The highest BCUT2D eigenvalue weighted by Gasteiger charge is 2.34. The number of fused-ring (bicyclic) bond motifs is 1. The van der Waals surface area contributed by atoms with E-state index in [1.54, 1.807) is 0 Å². The van der Waals surface area contributed by atoms with Gasteiger partial charge in [0, 0.05) is 23.7 Å². The smallest absolute Gasteiger partial charge is 0.251 e. The van der Waals surface area contributed by atoms with Crippen molar-refractivity contribution >= 4 is 5.91 Å². The number of hydrogen-bond acceptors (Lipinski definition) is 8. The number of aliphatic hydroxyl groups is 1. The van der Waals surface area contributed by atoms with E-state index in [0.29, 0.717) is 18.5 Å². The van der Waals surface area contributed by atoms with Crippen LogP contribution in [0.25, 0.3) is 0 Å². The molecule has 1 aliphatic heterocycles. The lowest BCUT2D eigenvalue weighted by atomic mass is 9.93. The molecule has 0 unspecified atom stereocenters. The summed E-state index contributed by atoms with van der Waals surface area (Å²) in [7, 11) is 0. The molecule has 1 amide bonds. The van der Waals surface area contributed by atoms with Gasteiger partial charge in [0.05, 0.1) is 13.1 Å². The first-order valence-electron chi connectivity index (χ1n) is 13.0. The van der Waals surface area contributed by atoms with Gasteiger partial charge in [0.25, 0.3) is 5.91 Å². The van der Waals surface area contributed by atoms with E-state index in [0.717, 1.165) is 29.2 Å². The molecule has 0 bridgehead atoms. The summed E-state index contributed by atoms with van der Waals surface area (Å²) in [5.41, 5.74) is -0.250. The minimum atomic E-state index is -1.70. The molecule has 43 heavy (non-hydrogen) atoms. The number of carbonyl (C=O) groups excluding carboxylic acids is 1. The molecular formula is C29H26F3N7O4. The number of nitrogens with one attached hydrogen (secondary N) is 1. The third-order valence-corrected chi connectivity index (χ3v) is 6.46. The van der Waals surface area contributed by atoms with Crippen LogP contribution >= 0.6 is 0 Å². The van der Waals surface area contributed by atoms with E-state index in [1.807, 2.05) is 18.2 Å². The maximum atomic E-state index is 14.1. The Bertz CT molecular complexity index is 1610. The Morgan fingerprint density at radius 3 is 2.14 bits per heavy atom. The zero-order valence-electron chi connectivity index (χ0n) is 22.6. The topological polar surface area (TPSA) is 129 Å². The van der Waals surface area contributed by atoms with Gasteiger partial charge < -0.3 is 19.9 Å². The average Bonchev–Trinajstić information content (AvgIpc) is 3.77. The predicted molar refractivity (Wildman–Crippen MR) is 145 cm³/mol. The first-order valence-corrected chi connectivity index (χ1v) is 13.0. The van der Waals surface area contributed by atoms with E-state index in [2.05, 4.69) is 25.5 Å². The highest BCUT2D eigenvalue weighted by atomic mass is 19.1. The third-order valence-electron chi connectivity index (χ3n) is 6.46. The molecule has 3 heterocycles. The molecule has 0 radical (unpaired) electrons. The normalized spacial score (nSPS) is 12.0. The van der Waals surface area contributed by atoms with Gasteiger partial charge in [0.15, 0.2) is 11.5 Å². The van der Waals surface area contributed by atoms with Crippen molar-refractivity contribution < 1.29 is 32.5 Å². The molecule has 0 atom stereocenters. The van der Waals surface area contributed by atoms with E-state index < -0.39 is 17.2 Å². The Balaban J connectivity index is 0.000000171. The fourth-order valence-corrected chi connectivity index (χ4v) is 4.37. The second-order valence-corrected chi connectivity index (χ2v) is 9.54. The summed E-state index contributed by atoms with van der Waals surface area (Å²) in [6.45, 7) is 0.598. The fourth-order valence-electron chi connectivity index (χ4n) is 4.37. The number of benzene rings is 3. The Hall–Kier alpha value is -5.24. The highest BCUT2D eigenvalue weighted by Crippen LogP contribution is 2.32. The van der Waals surface area contributed by atoms with Crippen LogP contribution in [-0.2, 0) is 25.1 Å². The number of rotatable bonds is 9. The number of carbonyl (C=O) groups is 1. The third kappa shape index (κ3) is 7.54. The first-order chi connectivity index (χ1) is 20.8. The minimum absolute atomic E-state index is 0.0556. The predicted octanol–water partition coefficient (Wildman–Crippen LogP) is 3.26. The monoisotopic (exact) mass is 593 g/mol. The summed E-state index contributed by atoms with van der Waals surface area (Å²) < 4.78 is 53.3. The van der Waals surface area contributed by atoms with Gasteiger partial charge in [-0.1, -0.05) is 12.1 Å². The summed E-state index contributed by atoms with van der Waals surface area (Å²) >= 11 is 0. The molecule has 2 aromatic heterocycles. The lowest BCUT2D eigenvalue weighted by molar-refractivity contribution is -0.00856. The van der Waals surface area contributed by atoms with E-state index in [9.17, 15) is 23.1 Å². The minimum Gasteiger partial charge on any atom is -0.454 e. The van der Waals surface area contributed by atoms with Gasteiger partial charge in [-0.15, -0.1) is 0 Å². The number of ether oxygens (including phenoxy) is 2. The summed E-state index contributed by atoms with van der Waals surface area (Å²) in [6, 6.07) is 14.2. The number of hydrogen-bond donors (Lipinski definition) is 2. The highest BCUT2D eigenvalue weighted by molar-refractivity contribution is 5.94. The van der Waals surface area contributed by atoms with Crippen LogP contribution < -0.4 is 14.8 Å². The van der Waals surface area contributed by atoms with Crippen LogP contribution in [0.2, 0.25) is 0 Å². The Morgan fingerprint density at radius 1 is 0.860 bits per heavy atom. The van der Waals surface area contributed by atoms with Crippen molar-refractivity contribution in [1.29, 1.82) is 0 Å². The van der Waals surface area contributed by atoms with Crippen LogP contribution in [0.4, 0.5) is 13.2 Å². The molecule has 6 rings (SSSR count). The van der Waals surface area contributed by atoms with Crippen LogP contribution in [-0.4, -0.2) is 53.9 Å². The molecule has 0 fully saturated rings. The number of nitrogens with zero attached hydrogens (tertiary/aromatic N) is 6. The summed E-state index contributed by atoms with van der Waals surface area (Å²) in [5, 5.41) is 21.6. The van der Waals surface area contributed by atoms with Crippen molar-refractivity contribution in [3.8, 4) is 11.5 Å². The van der Waals surface area contributed by atoms with Crippen molar-refractivity contribution in [3.05, 3.63) is 120 Å². The second-order valence-electron chi connectivity index (χ2n) is 9.54. The maximum Gasteiger partial charge on any atom is 0.251 e. The maximum absolute atomic E-state index is 14.1. The summed E-state index contributed by atoms with van der Waals surface area (Å²) in [5.74, 6) is -0.651. The quantitative estimate of drug-likeness (QED) is 0.267. The molecule has 222 valence electrons. The molecule has 2 N–H and O–H groups in total. The van der Waals surface area contributed by atoms with Crippen molar-refractivity contribution in [2.75, 3.05) is 13.3 Å². The number of amides is 1. The zero-order chi connectivity index (χ0) is 30.2. The standard InChI is InChI=1S/C16H14FNO3.C13H12F2N6O/c17-13-4-2-12(3-5-13)16(19)18-8-7-11-1-6-14-15(9-11)21-10-20-14;14-10-1-2-11(12(15)3-10)13(22,4-20-8-16-6-18-20)5-21-9-17-7-19-21/h1-6,9H,7-8,10H2,(H,18,19);1-3,6-9,22H,4-5H2. The Morgan fingerprint density at radius 2 is 1.51 bits per heavy atom. The Labute approximate surface area is 243 Å². The van der Waals surface area contributed by atoms with Crippen LogP contribution in [0.3, 0.4) is 0 Å². The lowest BCUT2D eigenvalue weighted by Crippen LogP contribution is -2.37. The summed E-state index contributed by atoms with van der Waals surface area (Å²) in [6.07, 6.45) is 6.08. The van der Waals surface area contributed by atoms with Crippen molar-refractivity contribution in [3.63, 3.8) is 0 Å². The van der Waals surface area contributed by atoms with Gasteiger partial charge >= 0.3 is 0 Å². The largest absolute Gasteiger partial charge is 0.454 e. The van der Waals surface area contributed by atoms with Gasteiger partial charge in [-0.2, -0.15) is 10.2 Å². The molecule has 11 nitrogen and oxygen atoms in total. The van der Waals surface area contributed by atoms with E-state index in [-0.39, 0.29) is 37.2 Å². The molecule has 0 spiro atoms. The number of aromatic nitrogens is 6. The molecular weight excluding hydrogens is 567 g/mol. The van der Waals surface area contributed by atoms with E-state index >= 15 is 0 Å². The molecule has 1 aliphatic rings. The van der Waals surface area contributed by atoms with Gasteiger partial charge in [-0.25, -0.2) is 32.5 Å². The van der Waals surface area contributed by atoms with Crippen LogP contribution in [0.1, 0.15) is 21.5 Å². The first kappa shape index (κ1) is 29.3. The SMILES string of the molecule is O=C(NCCc1ccc2c(c1)OCO2)c1ccc(F)cc1.OC(Cn1cncn1)(Cn1cncn1)c1ccc(F)cc1F. The molecule has 14 heteroatoms. The second kappa shape index (κ2) is 13.2. The fraction of sp³-hybridized carbons (Fsp3) is 0.207. The summed E-state index contributed by atoms with van der Waals surface area (Å²) in [4.78, 5) is 19.4.